The number of benzene rings is 2. The van der Waals surface area contributed by atoms with Crippen LogP contribution in [0.1, 0.15) is 51.0 Å². The Morgan fingerprint density at radius 2 is 1.69 bits per heavy atom. The molecule has 11 heteroatoms. The number of halogens is 1. The number of nitrogens with one attached hydrogen (secondary N) is 1. The number of fused-ring (bicyclic) bond motifs is 1. The van der Waals surface area contributed by atoms with E-state index in [4.69, 9.17) is 9.47 Å². The monoisotopic (exact) mass is 561 g/mol. The van der Waals surface area contributed by atoms with Gasteiger partial charge < -0.3 is 19.7 Å². The molecule has 1 heterocycles. The second-order valence-corrected chi connectivity index (χ2v) is 11.9. The van der Waals surface area contributed by atoms with E-state index in [0.717, 1.165) is 42.7 Å². The van der Waals surface area contributed by atoms with Gasteiger partial charge in [-0.3, -0.25) is 13.9 Å². The predicted molar refractivity (Wildman–Crippen MR) is 146 cm³/mol. The highest BCUT2D eigenvalue weighted by molar-refractivity contribution is 7.92. The van der Waals surface area contributed by atoms with E-state index in [-0.39, 0.29) is 24.2 Å². The van der Waals surface area contributed by atoms with Crippen LogP contribution in [0.2, 0.25) is 0 Å². The Balaban J connectivity index is 1.62. The van der Waals surface area contributed by atoms with Crippen molar-refractivity contribution in [1.82, 2.24) is 10.2 Å². The smallest absolute Gasteiger partial charge is 0.244 e. The van der Waals surface area contributed by atoms with Crippen LogP contribution < -0.4 is 19.1 Å². The molecule has 1 fully saturated rings. The van der Waals surface area contributed by atoms with Gasteiger partial charge in [-0.2, -0.15) is 0 Å². The first-order valence-electron chi connectivity index (χ1n) is 13.4. The minimum absolute atomic E-state index is 0.0223. The Morgan fingerprint density at radius 1 is 1.03 bits per heavy atom. The topological polar surface area (TPSA) is 105 Å². The second-order valence-electron chi connectivity index (χ2n) is 10.0. The first-order valence-corrected chi connectivity index (χ1v) is 15.2. The van der Waals surface area contributed by atoms with Gasteiger partial charge in [0.1, 0.15) is 31.6 Å². The predicted octanol–water partition coefficient (Wildman–Crippen LogP) is 3.62. The van der Waals surface area contributed by atoms with E-state index in [1.54, 1.807) is 24.3 Å². The van der Waals surface area contributed by atoms with Crippen molar-refractivity contribution >= 4 is 27.5 Å². The molecule has 39 heavy (non-hydrogen) atoms. The number of ether oxygens (including phenoxy) is 2. The zero-order chi connectivity index (χ0) is 28.0. The summed E-state index contributed by atoms with van der Waals surface area (Å²) in [7, 11) is -3.89. The lowest BCUT2D eigenvalue weighted by atomic mass is 9.95. The number of rotatable bonds is 10. The minimum Gasteiger partial charge on any atom is -0.486 e. The first kappa shape index (κ1) is 28.7. The summed E-state index contributed by atoms with van der Waals surface area (Å²) in [5, 5.41) is 3.09. The van der Waals surface area contributed by atoms with Gasteiger partial charge >= 0.3 is 0 Å². The van der Waals surface area contributed by atoms with Crippen molar-refractivity contribution in [3.8, 4) is 11.5 Å². The Hall–Kier alpha value is -3.34. The molecule has 2 aromatic carbocycles. The van der Waals surface area contributed by atoms with Crippen LogP contribution in [0, 0.1) is 5.82 Å². The van der Waals surface area contributed by atoms with Crippen molar-refractivity contribution in [3.05, 3.63) is 53.8 Å². The Labute approximate surface area is 229 Å². The van der Waals surface area contributed by atoms with Gasteiger partial charge in [0.05, 0.1) is 11.9 Å². The van der Waals surface area contributed by atoms with E-state index in [0.29, 0.717) is 36.7 Å². The van der Waals surface area contributed by atoms with Crippen LogP contribution in [0.4, 0.5) is 10.1 Å². The third-order valence-corrected chi connectivity index (χ3v) is 8.24. The van der Waals surface area contributed by atoms with E-state index < -0.39 is 34.3 Å². The van der Waals surface area contributed by atoms with Gasteiger partial charge in [0, 0.05) is 18.7 Å². The summed E-state index contributed by atoms with van der Waals surface area (Å²) in [6.07, 6.45) is 6.35. The maximum absolute atomic E-state index is 13.8. The highest BCUT2D eigenvalue weighted by Gasteiger charge is 2.33. The summed E-state index contributed by atoms with van der Waals surface area (Å²) in [6.45, 7) is 2.03. The third-order valence-electron chi connectivity index (χ3n) is 7.10. The average molecular weight is 562 g/mol. The highest BCUT2D eigenvalue weighted by Crippen LogP contribution is 2.34. The Morgan fingerprint density at radius 3 is 2.33 bits per heavy atom. The molecule has 212 valence electrons. The molecule has 0 unspecified atom stereocenters. The lowest BCUT2D eigenvalue weighted by Crippen LogP contribution is -2.53. The number of hydrogen-bond donors (Lipinski definition) is 1. The average Bonchev–Trinajstić information content (AvgIpc) is 2.92. The van der Waals surface area contributed by atoms with E-state index >= 15 is 0 Å². The number of hydrogen-bond acceptors (Lipinski definition) is 6. The summed E-state index contributed by atoms with van der Waals surface area (Å²) < 4.78 is 51.4. The van der Waals surface area contributed by atoms with E-state index in [1.807, 2.05) is 6.92 Å². The van der Waals surface area contributed by atoms with Crippen LogP contribution in [-0.2, 0) is 26.2 Å². The van der Waals surface area contributed by atoms with Gasteiger partial charge in [-0.15, -0.1) is 0 Å². The lowest BCUT2D eigenvalue weighted by Gasteiger charge is -2.34. The fourth-order valence-electron chi connectivity index (χ4n) is 5.05. The summed E-state index contributed by atoms with van der Waals surface area (Å²) in [4.78, 5) is 28.6. The fraction of sp³-hybridized carbons (Fsp3) is 0.500. The molecule has 2 aliphatic rings. The van der Waals surface area contributed by atoms with Gasteiger partial charge in [0.15, 0.2) is 11.5 Å². The summed E-state index contributed by atoms with van der Waals surface area (Å²) in [5.74, 6) is -0.356. The van der Waals surface area contributed by atoms with E-state index in [1.165, 1.54) is 23.1 Å². The van der Waals surface area contributed by atoms with Gasteiger partial charge in [0.2, 0.25) is 21.8 Å². The molecule has 0 bridgehead atoms. The number of nitrogens with zero attached hydrogens (tertiary/aromatic N) is 2. The maximum Gasteiger partial charge on any atom is 0.244 e. The molecule has 1 aliphatic carbocycles. The molecular formula is C28H36FN3O6S. The van der Waals surface area contributed by atoms with E-state index in [9.17, 15) is 22.4 Å². The molecule has 2 amide bonds. The molecule has 2 aromatic rings. The molecule has 1 saturated carbocycles. The van der Waals surface area contributed by atoms with Crippen LogP contribution in [0.15, 0.2) is 42.5 Å². The van der Waals surface area contributed by atoms with Gasteiger partial charge in [-0.05, 0) is 49.1 Å². The quantitative estimate of drug-likeness (QED) is 0.475. The van der Waals surface area contributed by atoms with Crippen molar-refractivity contribution in [2.45, 2.75) is 64.1 Å². The third kappa shape index (κ3) is 7.40. The normalized spacial score (nSPS) is 16.3. The van der Waals surface area contributed by atoms with Gasteiger partial charge in [-0.25, -0.2) is 12.8 Å². The van der Waals surface area contributed by atoms with Crippen LogP contribution in [-0.4, -0.2) is 63.2 Å². The Kier molecular flexibility index (Phi) is 9.32. The minimum atomic E-state index is -3.89. The highest BCUT2D eigenvalue weighted by atomic mass is 32.2. The van der Waals surface area contributed by atoms with E-state index in [2.05, 4.69) is 5.32 Å². The molecule has 1 aliphatic heterocycles. The van der Waals surface area contributed by atoms with Crippen LogP contribution in [0.25, 0.3) is 0 Å². The summed E-state index contributed by atoms with van der Waals surface area (Å²) >= 11 is 0. The summed E-state index contributed by atoms with van der Waals surface area (Å²) in [5.41, 5.74) is 0.871. The molecule has 0 aromatic heterocycles. The van der Waals surface area contributed by atoms with Crippen LogP contribution in [0.5, 0.6) is 11.5 Å². The maximum atomic E-state index is 13.8. The molecular weight excluding hydrogens is 525 g/mol. The second kappa shape index (κ2) is 12.7. The van der Waals surface area contributed by atoms with Crippen LogP contribution in [0.3, 0.4) is 0 Å². The lowest BCUT2D eigenvalue weighted by molar-refractivity contribution is -0.140. The first-order chi connectivity index (χ1) is 18.7. The number of anilines is 1. The molecule has 4 rings (SSSR count). The van der Waals surface area contributed by atoms with Crippen molar-refractivity contribution in [2.75, 3.05) is 30.3 Å². The molecule has 0 spiro atoms. The SMILES string of the molecule is CC[C@H](C(=O)NC1CCCCC1)N(Cc1ccc(F)cc1)C(=O)CN(c1ccc2c(c1)OCCO2)S(C)(=O)=O. The van der Waals surface area contributed by atoms with Crippen LogP contribution >= 0.6 is 0 Å². The van der Waals surface area contributed by atoms with Gasteiger partial charge in [-0.1, -0.05) is 38.3 Å². The standard InChI is InChI=1S/C28H36FN3O6S/c1-3-24(28(34)30-22-7-5-4-6-8-22)31(18-20-9-11-21(29)12-10-20)27(33)19-32(39(2,35)36)23-13-14-25-26(17-23)38-16-15-37-25/h9-14,17,22,24H,3-8,15-16,18-19H2,1-2H3,(H,30,34)/t24-/m1/s1. The molecule has 9 nitrogen and oxygen atoms in total. The summed E-state index contributed by atoms with van der Waals surface area (Å²) in [6, 6.07) is 9.60. The van der Waals surface area contributed by atoms with Crippen molar-refractivity contribution in [1.29, 1.82) is 0 Å². The number of carbonyl (C=O) groups is 2. The molecule has 0 saturated heterocycles. The van der Waals surface area contributed by atoms with Crippen molar-refractivity contribution < 1.29 is 31.9 Å². The zero-order valence-corrected chi connectivity index (χ0v) is 23.2. The number of amides is 2. The number of carbonyl (C=O) groups excluding carboxylic acids is 2. The Bertz CT molecular complexity index is 1260. The number of sulfonamides is 1. The van der Waals surface area contributed by atoms with Crippen molar-refractivity contribution in [2.24, 2.45) is 0 Å². The molecule has 1 N–H and O–H groups in total. The fourth-order valence-corrected chi connectivity index (χ4v) is 5.89. The molecule has 1 atom stereocenters. The van der Waals surface area contributed by atoms with Gasteiger partial charge in [0.25, 0.3) is 0 Å². The largest absolute Gasteiger partial charge is 0.486 e. The van der Waals surface area contributed by atoms with Crippen molar-refractivity contribution in [3.63, 3.8) is 0 Å². The molecule has 0 radical (unpaired) electrons. The zero-order valence-electron chi connectivity index (χ0n) is 22.4.